The van der Waals surface area contributed by atoms with E-state index in [9.17, 15) is 14.3 Å². The summed E-state index contributed by atoms with van der Waals surface area (Å²) >= 11 is 14.1. The molecule has 0 amide bonds. The maximum atomic E-state index is 14.4. The maximum absolute atomic E-state index is 14.4. The molecule has 4 fully saturated rings. The van der Waals surface area contributed by atoms with Crippen LogP contribution in [0.25, 0.3) is 21.5 Å². The number of ether oxygens (including phenoxy) is 1. The zero-order valence-electron chi connectivity index (χ0n) is 21.8. The molecule has 4 aromatic rings. The third-order valence-electron chi connectivity index (χ3n) is 8.69. The van der Waals surface area contributed by atoms with Crippen molar-refractivity contribution < 1.29 is 23.6 Å². The van der Waals surface area contributed by atoms with Crippen LogP contribution in [0.1, 0.15) is 84.0 Å². The van der Waals surface area contributed by atoms with Gasteiger partial charge in [-0.15, -0.1) is 11.3 Å². The molecule has 11 heteroatoms. The smallest absolute Gasteiger partial charge is 0.335 e. The van der Waals surface area contributed by atoms with E-state index >= 15 is 0 Å². The van der Waals surface area contributed by atoms with Gasteiger partial charge in [0, 0.05) is 34.9 Å². The number of pyridine rings is 1. The largest absolute Gasteiger partial charge is 0.478 e. The average Bonchev–Trinajstić information content (AvgIpc) is 3.58. The first-order valence-corrected chi connectivity index (χ1v) is 15.1. The van der Waals surface area contributed by atoms with Gasteiger partial charge >= 0.3 is 5.97 Å². The first-order chi connectivity index (χ1) is 19.7. The number of benzene rings is 1. The lowest BCUT2D eigenvalue weighted by Crippen LogP contribution is -2.47. The Morgan fingerprint density at radius 2 is 1.85 bits per heavy atom. The molecule has 1 aromatic carbocycles. The van der Waals surface area contributed by atoms with Gasteiger partial charge in [-0.1, -0.05) is 34.3 Å². The minimum Gasteiger partial charge on any atom is -0.478 e. The lowest BCUT2D eigenvalue weighted by Gasteiger charge is -2.51. The van der Waals surface area contributed by atoms with E-state index in [1.54, 1.807) is 12.4 Å². The van der Waals surface area contributed by atoms with Gasteiger partial charge in [-0.05, 0) is 69.4 Å². The van der Waals surface area contributed by atoms with E-state index < -0.39 is 11.8 Å². The van der Waals surface area contributed by atoms with Crippen molar-refractivity contribution in [3.05, 3.63) is 62.3 Å². The van der Waals surface area contributed by atoms with Crippen molar-refractivity contribution in [2.24, 2.45) is 5.41 Å². The number of aromatic carboxylic acids is 1. The van der Waals surface area contributed by atoms with Gasteiger partial charge in [0.15, 0.2) is 10.8 Å². The second kappa shape index (κ2) is 10.1. The molecule has 0 unspecified atom stereocenters. The van der Waals surface area contributed by atoms with Crippen LogP contribution in [0, 0.1) is 23.1 Å². The molecule has 0 aliphatic heterocycles. The number of nitrogens with zero attached hydrogens (tertiary/aromatic N) is 3. The second-order valence-corrected chi connectivity index (χ2v) is 13.1. The molecular weight excluding hydrogens is 588 g/mol. The first-order valence-electron chi connectivity index (χ1n) is 13.5. The predicted octanol–water partition coefficient (Wildman–Crippen LogP) is 8.03. The van der Waals surface area contributed by atoms with Crippen LogP contribution in [0.3, 0.4) is 0 Å². The summed E-state index contributed by atoms with van der Waals surface area (Å²) in [4.78, 5) is 19.7. The van der Waals surface area contributed by atoms with E-state index in [0.717, 1.165) is 68.8 Å². The monoisotopic (exact) mass is 611 g/mol. The Bertz CT molecular complexity index is 1730. The minimum absolute atomic E-state index is 0.0952. The van der Waals surface area contributed by atoms with Crippen LogP contribution in [0.4, 0.5) is 4.39 Å². The lowest BCUT2D eigenvalue weighted by atomic mass is 9.59. The maximum Gasteiger partial charge on any atom is 0.335 e. The lowest BCUT2D eigenvalue weighted by molar-refractivity contribution is -0.131. The average molecular weight is 613 g/mol. The van der Waals surface area contributed by atoms with Crippen LogP contribution >= 0.6 is 34.5 Å². The molecule has 210 valence electrons. The summed E-state index contributed by atoms with van der Waals surface area (Å²) < 4.78 is 27.4. The number of carboxylic acids is 1. The van der Waals surface area contributed by atoms with E-state index in [2.05, 4.69) is 27.0 Å². The molecular formula is C30H24Cl2FN3O4S. The normalized spacial score (nSPS) is 23.5. The molecule has 0 saturated heterocycles. The number of thiazole rings is 1. The molecule has 8 rings (SSSR count). The number of halogens is 3. The summed E-state index contributed by atoms with van der Waals surface area (Å²) in [5, 5.41) is 14.9. The van der Waals surface area contributed by atoms with Gasteiger partial charge < -0.3 is 14.4 Å². The van der Waals surface area contributed by atoms with Gasteiger partial charge in [0.25, 0.3) is 0 Å². The zero-order chi connectivity index (χ0) is 28.4. The number of hydrogen-bond acceptors (Lipinski definition) is 7. The van der Waals surface area contributed by atoms with Crippen LogP contribution in [0.2, 0.25) is 10.0 Å². The number of fused-ring (bicyclic) bond motifs is 4. The van der Waals surface area contributed by atoms with E-state index in [1.807, 2.05) is 0 Å². The van der Waals surface area contributed by atoms with Gasteiger partial charge in [0.1, 0.15) is 17.0 Å². The first kappa shape index (κ1) is 26.8. The minimum atomic E-state index is -1.17. The van der Waals surface area contributed by atoms with Crippen molar-refractivity contribution >= 4 is 50.7 Å². The van der Waals surface area contributed by atoms with Crippen molar-refractivity contribution in [1.82, 2.24) is 15.1 Å². The van der Waals surface area contributed by atoms with Gasteiger partial charge in [-0.3, -0.25) is 4.98 Å². The molecule has 0 atom stereocenters. The highest BCUT2D eigenvalue weighted by Gasteiger charge is 2.49. The van der Waals surface area contributed by atoms with Gasteiger partial charge in [0.2, 0.25) is 0 Å². The molecule has 4 aliphatic rings. The van der Waals surface area contributed by atoms with E-state index in [0.29, 0.717) is 43.5 Å². The summed E-state index contributed by atoms with van der Waals surface area (Å²) in [5.74, 6) is 6.03. The molecule has 0 spiro atoms. The Morgan fingerprint density at radius 3 is 2.51 bits per heavy atom. The topological polar surface area (TPSA) is 98.3 Å². The molecule has 2 bridgehead atoms. The number of hydrogen-bond donors (Lipinski definition) is 1. The Balaban J connectivity index is 1.08. The molecule has 3 heterocycles. The number of carbonyl (C=O) groups is 1. The van der Waals surface area contributed by atoms with E-state index in [4.69, 9.17) is 32.5 Å². The van der Waals surface area contributed by atoms with Crippen molar-refractivity contribution in [3.63, 3.8) is 0 Å². The van der Waals surface area contributed by atoms with Crippen LogP contribution in [-0.4, -0.2) is 31.8 Å². The molecule has 0 radical (unpaired) electrons. The molecule has 1 N–H and O–H groups in total. The third-order valence-corrected chi connectivity index (χ3v) is 10.2. The fraction of sp³-hybridized carbons (Fsp3) is 0.400. The summed E-state index contributed by atoms with van der Waals surface area (Å²) in [6, 6.07) is 2.44. The highest BCUT2D eigenvalue weighted by atomic mass is 35.5. The predicted molar refractivity (Wildman–Crippen MR) is 153 cm³/mol. The Kier molecular flexibility index (Phi) is 6.58. The molecule has 4 saturated carbocycles. The Morgan fingerprint density at radius 1 is 1.15 bits per heavy atom. The van der Waals surface area contributed by atoms with Crippen LogP contribution in [0.5, 0.6) is 0 Å². The fourth-order valence-corrected chi connectivity index (χ4v) is 7.51. The van der Waals surface area contributed by atoms with Crippen molar-refractivity contribution in [2.75, 3.05) is 0 Å². The highest BCUT2D eigenvalue weighted by Crippen LogP contribution is 2.54. The Hall–Kier alpha value is -3.03. The van der Waals surface area contributed by atoms with E-state index in [1.165, 1.54) is 17.4 Å². The highest BCUT2D eigenvalue weighted by molar-refractivity contribution is 7.19. The van der Waals surface area contributed by atoms with Crippen molar-refractivity contribution in [2.45, 2.75) is 69.5 Å². The summed E-state index contributed by atoms with van der Waals surface area (Å²) in [6.07, 6.45) is 10.6. The van der Waals surface area contributed by atoms with Gasteiger partial charge in [0.05, 0.1) is 32.5 Å². The van der Waals surface area contributed by atoms with Crippen LogP contribution < -0.4 is 0 Å². The molecule has 3 aromatic heterocycles. The van der Waals surface area contributed by atoms with Crippen LogP contribution in [-0.2, 0) is 11.3 Å². The summed E-state index contributed by atoms with van der Waals surface area (Å²) in [5.41, 5.74) is 1.84. The second-order valence-electron chi connectivity index (χ2n) is 11.3. The zero-order valence-corrected chi connectivity index (χ0v) is 24.1. The fourth-order valence-electron chi connectivity index (χ4n) is 6.09. The van der Waals surface area contributed by atoms with E-state index in [-0.39, 0.29) is 22.1 Å². The standard InChI is InChI=1S/C30H24Cl2FN3O4S/c31-19-13-34-14-20(32)24(19)25-18(27(40-36-25)16-1-2-16)15-39-30-8-5-29(6-9-30,7-10-30)4-3-23-35-26-21(33)11-17(28(37)38)12-22(26)41-23/h11-14,16H,1-2,5-10,15H2,(H,37,38). The van der Waals surface area contributed by atoms with Gasteiger partial charge in [-0.25, -0.2) is 14.2 Å². The van der Waals surface area contributed by atoms with Crippen molar-refractivity contribution in [1.29, 1.82) is 0 Å². The number of carboxylic acid groups (broad SMARTS) is 1. The van der Waals surface area contributed by atoms with Gasteiger partial charge in [-0.2, -0.15) is 0 Å². The Labute approximate surface area is 249 Å². The summed E-state index contributed by atoms with van der Waals surface area (Å²) in [7, 11) is 0. The molecule has 4 aliphatic carbocycles. The number of rotatable bonds is 6. The number of aromatic nitrogens is 3. The summed E-state index contributed by atoms with van der Waals surface area (Å²) in [6.45, 7) is 0.369. The molecule has 7 nitrogen and oxygen atoms in total. The SMILES string of the molecule is O=C(O)c1cc(F)c2nc(C#CC34CCC(OCc5c(-c6c(Cl)cncc6Cl)noc5C5CC5)(CC3)CC4)sc2c1. The van der Waals surface area contributed by atoms with Crippen LogP contribution in [0.15, 0.2) is 29.0 Å². The molecule has 41 heavy (non-hydrogen) atoms. The third kappa shape index (κ3) is 4.91. The quantitative estimate of drug-likeness (QED) is 0.220. The van der Waals surface area contributed by atoms with Crippen molar-refractivity contribution in [3.8, 4) is 23.1 Å².